The Kier molecular flexibility index (Phi) is 3.60. The second-order valence-corrected chi connectivity index (χ2v) is 5.58. The zero-order chi connectivity index (χ0) is 13.2. The van der Waals surface area contributed by atoms with E-state index < -0.39 is 5.97 Å². The summed E-state index contributed by atoms with van der Waals surface area (Å²) in [7, 11) is 0. The lowest BCUT2D eigenvalue weighted by Crippen LogP contribution is -2.36. The number of carboxylic acids is 1. The van der Waals surface area contributed by atoms with Gasteiger partial charge >= 0.3 is 5.97 Å². The van der Waals surface area contributed by atoms with Crippen LogP contribution < -0.4 is 5.32 Å². The number of anilines is 1. The number of nitrogens with one attached hydrogen (secondary N) is 1. The highest BCUT2D eigenvalue weighted by molar-refractivity contribution is 5.89. The number of aryl methyl sites for hydroxylation is 1. The molecule has 1 aromatic rings. The summed E-state index contributed by atoms with van der Waals surface area (Å²) < 4.78 is 0. The van der Waals surface area contributed by atoms with Gasteiger partial charge in [-0.15, -0.1) is 0 Å². The number of hydrogen-bond acceptors (Lipinski definition) is 2. The summed E-state index contributed by atoms with van der Waals surface area (Å²) in [6, 6.07) is 5.49. The summed E-state index contributed by atoms with van der Waals surface area (Å²) >= 11 is 0. The molecule has 3 heteroatoms. The van der Waals surface area contributed by atoms with Crippen molar-refractivity contribution in [2.75, 3.05) is 5.32 Å². The maximum atomic E-state index is 11.0. The molecule has 2 rings (SSSR count). The van der Waals surface area contributed by atoms with Gasteiger partial charge in [-0.25, -0.2) is 4.79 Å². The fourth-order valence-corrected chi connectivity index (χ4v) is 2.79. The van der Waals surface area contributed by atoms with Crippen molar-refractivity contribution >= 4 is 11.7 Å². The third-order valence-corrected chi connectivity index (χ3v) is 3.86. The molecule has 1 aliphatic rings. The lowest BCUT2D eigenvalue weighted by molar-refractivity contribution is 0.0696. The van der Waals surface area contributed by atoms with Crippen LogP contribution in [0.4, 0.5) is 5.69 Å². The normalized spacial score (nSPS) is 18.3. The minimum atomic E-state index is -0.858. The SMILES string of the molecule is Cc1cc(NC2(C)CCCCC2)ccc1C(=O)O. The number of hydrogen-bond donors (Lipinski definition) is 2. The summed E-state index contributed by atoms with van der Waals surface area (Å²) in [5, 5.41) is 12.6. The van der Waals surface area contributed by atoms with Crippen molar-refractivity contribution in [1.82, 2.24) is 0 Å². The molecule has 0 aromatic heterocycles. The molecule has 0 amide bonds. The lowest BCUT2D eigenvalue weighted by atomic mass is 9.83. The van der Waals surface area contributed by atoms with Crippen LogP contribution in [0.25, 0.3) is 0 Å². The fraction of sp³-hybridized carbons (Fsp3) is 0.533. The molecule has 0 spiro atoms. The molecule has 0 heterocycles. The summed E-state index contributed by atoms with van der Waals surface area (Å²) in [4.78, 5) is 11.0. The molecule has 1 saturated carbocycles. The minimum absolute atomic E-state index is 0.162. The summed E-state index contributed by atoms with van der Waals surface area (Å²) in [5.41, 5.74) is 2.39. The van der Waals surface area contributed by atoms with Crippen molar-refractivity contribution in [2.45, 2.75) is 51.5 Å². The summed E-state index contributed by atoms with van der Waals surface area (Å²) in [6.07, 6.45) is 6.25. The Labute approximate surface area is 108 Å². The second kappa shape index (κ2) is 5.01. The Morgan fingerprint density at radius 3 is 2.50 bits per heavy atom. The van der Waals surface area contributed by atoms with E-state index in [0.717, 1.165) is 11.3 Å². The van der Waals surface area contributed by atoms with Gasteiger partial charge in [0.15, 0.2) is 0 Å². The van der Waals surface area contributed by atoms with Gasteiger partial charge in [0.25, 0.3) is 0 Å². The van der Waals surface area contributed by atoms with E-state index in [2.05, 4.69) is 12.2 Å². The molecule has 0 bridgehead atoms. The molecule has 0 radical (unpaired) electrons. The highest BCUT2D eigenvalue weighted by Gasteiger charge is 2.26. The van der Waals surface area contributed by atoms with Gasteiger partial charge in [-0.05, 0) is 50.5 Å². The van der Waals surface area contributed by atoms with Gasteiger partial charge in [0.1, 0.15) is 0 Å². The quantitative estimate of drug-likeness (QED) is 0.853. The molecule has 98 valence electrons. The highest BCUT2D eigenvalue weighted by atomic mass is 16.4. The van der Waals surface area contributed by atoms with E-state index >= 15 is 0 Å². The van der Waals surface area contributed by atoms with Crippen LogP contribution in [0, 0.1) is 6.92 Å². The molecule has 0 aliphatic heterocycles. The smallest absolute Gasteiger partial charge is 0.335 e. The molecule has 0 unspecified atom stereocenters. The van der Waals surface area contributed by atoms with Crippen molar-refractivity contribution in [3.05, 3.63) is 29.3 Å². The van der Waals surface area contributed by atoms with Crippen LogP contribution in [0.1, 0.15) is 54.9 Å². The second-order valence-electron chi connectivity index (χ2n) is 5.58. The van der Waals surface area contributed by atoms with Gasteiger partial charge < -0.3 is 10.4 Å². The third-order valence-electron chi connectivity index (χ3n) is 3.86. The number of aromatic carboxylic acids is 1. The van der Waals surface area contributed by atoms with Crippen LogP contribution in [0.15, 0.2) is 18.2 Å². The van der Waals surface area contributed by atoms with E-state index in [-0.39, 0.29) is 5.54 Å². The van der Waals surface area contributed by atoms with E-state index in [1.54, 1.807) is 6.07 Å². The number of carbonyl (C=O) groups is 1. The van der Waals surface area contributed by atoms with Crippen LogP contribution in [0.2, 0.25) is 0 Å². The zero-order valence-corrected chi connectivity index (χ0v) is 11.1. The number of benzene rings is 1. The number of carboxylic acid groups (broad SMARTS) is 1. The van der Waals surface area contributed by atoms with Crippen LogP contribution >= 0.6 is 0 Å². The molecular formula is C15H21NO2. The first kappa shape index (κ1) is 12.9. The Morgan fingerprint density at radius 1 is 1.28 bits per heavy atom. The van der Waals surface area contributed by atoms with Crippen molar-refractivity contribution in [3.8, 4) is 0 Å². The van der Waals surface area contributed by atoms with Gasteiger partial charge in [0.2, 0.25) is 0 Å². The molecule has 1 aliphatic carbocycles. The Balaban J connectivity index is 2.14. The fourth-order valence-electron chi connectivity index (χ4n) is 2.79. The molecule has 1 fully saturated rings. The minimum Gasteiger partial charge on any atom is -0.478 e. The third kappa shape index (κ3) is 2.84. The van der Waals surface area contributed by atoms with Crippen LogP contribution in [0.3, 0.4) is 0 Å². The maximum absolute atomic E-state index is 11.0. The van der Waals surface area contributed by atoms with E-state index in [9.17, 15) is 4.79 Å². The first-order valence-corrected chi connectivity index (χ1v) is 6.62. The topological polar surface area (TPSA) is 49.3 Å². The van der Waals surface area contributed by atoms with E-state index in [1.165, 1.54) is 32.1 Å². The predicted octanol–water partition coefficient (Wildman–Crippen LogP) is 3.83. The van der Waals surface area contributed by atoms with Gasteiger partial charge in [-0.1, -0.05) is 19.3 Å². The van der Waals surface area contributed by atoms with Crippen LogP contribution in [-0.4, -0.2) is 16.6 Å². The van der Waals surface area contributed by atoms with Gasteiger partial charge in [-0.2, -0.15) is 0 Å². The average molecular weight is 247 g/mol. The summed E-state index contributed by atoms with van der Waals surface area (Å²) in [5.74, 6) is -0.858. The van der Waals surface area contributed by atoms with Gasteiger partial charge in [0.05, 0.1) is 5.56 Å². The van der Waals surface area contributed by atoms with E-state index in [4.69, 9.17) is 5.11 Å². The largest absolute Gasteiger partial charge is 0.478 e. The molecule has 3 nitrogen and oxygen atoms in total. The molecular weight excluding hydrogens is 226 g/mol. The Bertz CT molecular complexity index is 448. The Morgan fingerprint density at radius 2 is 1.94 bits per heavy atom. The lowest BCUT2D eigenvalue weighted by Gasteiger charge is -2.35. The van der Waals surface area contributed by atoms with Crippen LogP contribution in [-0.2, 0) is 0 Å². The van der Waals surface area contributed by atoms with Crippen molar-refractivity contribution in [2.24, 2.45) is 0 Å². The predicted molar refractivity (Wildman–Crippen MR) is 73.3 cm³/mol. The standard InChI is InChI=1S/C15H21NO2/c1-11-10-12(6-7-13(11)14(17)18)16-15(2)8-4-3-5-9-15/h6-7,10,16H,3-5,8-9H2,1-2H3,(H,17,18). The van der Waals surface area contributed by atoms with Crippen molar-refractivity contribution < 1.29 is 9.90 Å². The number of rotatable bonds is 3. The Hall–Kier alpha value is -1.51. The monoisotopic (exact) mass is 247 g/mol. The molecule has 0 atom stereocenters. The van der Waals surface area contributed by atoms with Gasteiger partial charge in [-0.3, -0.25) is 0 Å². The molecule has 2 N–H and O–H groups in total. The molecule has 0 saturated heterocycles. The van der Waals surface area contributed by atoms with Crippen LogP contribution in [0.5, 0.6) is 0 Å². The zero-order valence-electron chi connectivity index (χ0n) is 11.1. The van der Waals surface area contributed by atoms with Crippen molar-refractivity contribution in [3.63, 3.8) is 0 Å². The van der Waals surface area contributed by atoms with Crippen molar-refractivity contribution in [1.29, 1.82) is 0 Å². The van der Waals surface area contributed by atoms with E-state index in [0.29, 0.717) is 5.56 Å². The average Bonchev–Trinajstić information content (AvgIpc) is 2.28. The molecule has 18 heavy (non-hydrogen) atoms. The van der Waals surface area contributed by atoms with Gasteiger partial charge in [0, 0.05) is 11.2 Å². The first-order valence-electron chi connectivity index (χ1n) is 6.62. The summed E-state index contributed by atoms with van der Waals surface area (Å²) in [6.45, 7) is 4.10. The maximum Gasteiger partial charge on any atom is 0.335 e. The van der Waals surface area contributed by atoms with E-state index in [1.807, 2.05) is 19.1 Å². The molecule has 1 aromatic carbocycles. The first-order chi connectivity index (χ1) is 8.50. The highest BCUT2D eigenvalue weighted by Crippen LogP contribution is 2.31.